The van der Waals surface area contributed by atoms with Crippen molar-refractivity contribution in [1.82, 2.24) is 0 Å². The largest absolute Gasteiger partial charge is 0.481 e. The van der Waals surface area contributed by atoms with Gasteiger partial charge in [-0.25, -0.2) is 0 Å². The average molecular weight is 226 g/mol. The monoisotopic (exact) mass is 226 g/mol. The van der Waals surface area contributed by atoms with Crippen LogP contribution in [0.1, 0.15) is 38.5 Å². The van der Waals surface area contributed by atoms with Gasteiger partial charge in [0.15, 0.2) is 0 Å². The third-order valence-electron chi connectivity index (χ3n) is 4.32. The van der Waals surface area contributed by atoms with Crippen LogP contribution in [0, 0.1) is 23.7 Å². The molecule has 4 atom stereocenters. The first-order chi connectivity index (χ1) is 7.61. The van der Waals surface area contributed by atoms with E-state index in [1.54, 1.807) is 0 Å². The summed E-state index contributed by atoms with van der Waals surface area (Å²) in [4.78, 5) is 22.3. The van der Waals surface area contributed by atoms with Gasteiger partial charge in [0.1, 0.15) is 0 Å². The summed E-state index contributed by atoms with van der Waals surface area (Å²) in [7, 11) is 0. The molecule has 0 aromatic heterocycles. The minimum Gasteiger partial charge on any atom is -0.481 e. The van der Waals surface area contributed by atoms with Crippen molar-refractivity contribution in [2.45, 2.75) is 38.5 Å². The van der Waals surface area contributed by atoms with Crippen LogP contribution in [0.25, 0.3) is 0 Å². The molecule has 2 fully saturated rings. The van der Waals surface area contributed by atoms with Crippen molar-refractivity contribution in [2.24, 2.45) is 23.7 Å². The predicted octanol–water partition coefficient (Wildman–Crippen LogP) is 1.99. The highest BCUT2D eigenvalue weighted by atomic mass is 16.4. The molecular weight excluding hydrogens is 208 g/mol. The molecule has 2 saturated carbocycles. The van der Waals surface area contributed by atoms with Gasteiger partial charge in [-0.2, -0.15) is 0 Å². The van der Waals surface area contributed by atoms with E-state index in [9.17, 15) is 9.59 Å². The molecule has 2 N–H and O–H groups in total. The first kappa shape index (κ1) is 11.4. The average Bonchev–Trinajstić information content (AvgIpc) is 2.27. The number of carboxylic acids is 2. The normalized spacial score (nSPS) is 38.8. The second-order valence-electron chi connectivity index (χ2n) is 5.08. The standard InChI is InChI=1S/C12H18O4/c13-11(14)9-5-1-3-7-8(9)4-2-6-10(7)12(15)16/h7-10H,1-6H2,(H,13,14)(H,15,16). The maximum Gasteiger partial charge on any atom is 0.306 e. The number of fused-ring (bicyclic) bond motifs is 1. The lowest BCUT2D eigenvalue weighted by atomic mass is 9.61. The Hall–Kier alpha value is -1.06. The SMILES string of the molecule is O=C(O)C1CCCC2C(C(=O)O)CCCC12. The van der Waals surface area contributed by atoms with E-state index in [-0.39, 0.29) is 23.7 Å². The third kappa shape index (κ3) is 1.93. The van der Waals surface area contributed by atoms with Crippen LogP contribution in [0.15, 0.2) is 0 Å². The van der Waals surface area contributed by atoms with E-state index in [0.717, 1.165) is 38.5 Å². The number of rotatable bonds is 2. The number of aliphatic carboxylic acids is 2. The van der Waals surface area contributed by atoms with E-state index in [2.05, 4.69) is 0 Å². The molecule has 4 heteroatoms. The fourth-order valence-corrected chi connectivity index (χ4v) is 3.62. The first-order valence-corrected chi connectivity index (χ1v) is 6.07. The van der Waals surface area contributed by atoms with Gasteiger partial charge in [-0.1, -0.05) is 12.8 Å². The lowest BCUT2D eigenvalue weighted by Gasteiger charge is -2.42. The fraction of sp³-hybridized carbons (Fsp3) is 0.833. The Morgan fingerprint density at radius 1 is 0.750 bits per heavy atom. The van der Waals surface area contributed by atoms with E-state index in [1.807, 2.05) is 0 Å². The number of carbonyl (C=O) groups is 2. The molecule has 2 aliphatic carbocycles. The van der Waals surface area contributed by atoms with Crippen LogP contribution in [0.4, 0.5) is 0 Å². The predicted molar refractivity (Wildman–Crippen MR) is 56.9 cm³/mol. The molecule has 0 saturated heterocycles. The first-order valence-electron chi connectivity index (χ1n) is 6.07. The molecular formula is C12H18O4. The number of hydrogen-bond donors (Lipinski definition) is 2. The summed E-state index contributed by atoms with van der Waals surface area (Å²) in [6.45, 7) is 0. The summed E-state index contributed by atoms with van der Waals surface area (Å²) in [5, 5.41) is 18.3. The van der Waals surface area contributed by atoms with Gasteiger partial charge in [0.25, 0.3) is 0 Å². The second-order valence-corrected chi connectivity index (χ2v) is 5.08. The van der Waals surface area contributed by atoms with E-state index >= 15 is 0 Å². The van der Waals surface area contributed by atoms with Crippen molar-refractivity contribution in [1.29, 1.82) is 0 Å². The molecule has 2 aliphatic rings. The summed E-state index contributed by atoms with van der Waals surface area (Å²) in [6.07, 6.45) is 4.96. The van der Waals surface area contributed by atoms with E-state index in [4.69, 9.17) is 10.2 Å². The fourth-order valence-electron chi connectivity index (χ4n) is 3.62. The summed E-state index contributed by atoms with van der Waals surface area (Å²) in [5.41, 5.74) is 0. The molecule has 90 valence electrons. The smallest absolute Gasteiger partial charge is 0.306 e. The molecule has 0 aromatic rings. The van der Waals surface area contributed by atoms with Crippen LogP contribution in [0.5, 0.6) is 0 Å². The Kier molecular flexibility index (Phi) is 3.17. The molecule has 0 amide bonds. The molecule has 0 aliphatic heterocycles. The van der Waals surface area contributed by atoms with Crippen molar-refractivity contribution < 1.29 is 19.8 Å². The van der Waals surface area contributed by atoms with Crippen LogP contribution < -0.4 is 0 Å². The minimum atomic E-state index is -0.735. The van der Waals surface area contributed by atoms with Crippen molar-refractivity contribution in [2.75, 3.05) is 0 Å². The molecule has 0 radical (unpaired) electrons. The van der Waals surface area contributed by atoms with Gasteiger partial charge < -0.3 is 10.2 Å². The molecule has 0 aromatic carbocycles. The lowest BCUT2D eigenvalue weighted by Crippen LogP contribution is -2.42. The molecule has 2 rings (SSSR count). The Morgan fingerprint density at radius 2 is 1.12 bits per heavy atom. The molecule has 0 heterocycles. The molecule has 0 bridgehead atoms. The van der Waals surface area contributed by atoms with Crippen molar-refractivity contribution in [3.05, 3.63) is 0 Å². The summed E-state index contributed by atoms with van der Waals surface area (Å²) in [6, 6.07) is 0. The number of hydrogen-bond acceptors (Lipinski definition) is 2. The zero-order chi connectivity index (χ0) is 11.7. The minimum absolute atomic E-state index is 0.0982. The van der Waals surface area contributed by atoms with Gasteiger partial charge in [-0.05, 0) is 37.5 Å². The van der Waals surface area contributed by atoms with Crippen LogP contribution in [0.2, 0.25) is 0 Å². The maximum atomic E-state index is 11.1. The molecule has 0 spiro atoms. The quantitative estimate of drug-likeness (QED) is 0.755. The van der Waals surface area contributed by atoms with Crippen molar-refractivity contribution >= 4 is 11.9 Å². The highest BCUT2D eigenvalue weighted by molar-refractivity contribution is 5.72. The van der Waals surface area contributed by atoms with E-state index in [1.165, 1.54) is 0 Å². The summed E-state index contributed by atoms with van der Waals surface area (Å²) in [5.74, 6) is -1.88. The topological polar surface area (TPSA) is 74.6 Å². The van der Waals surface area contributed by atoms with Crippen LogP contribution in [0.3, 0.4) is 0 Å². The van der Waals surface area contributed by atoms with Gasteiger partial charge >= 0.3 is 11.9 Å². The van der Waals surface area contributed by atoms with Crippen LogP contribution in [-0.4, -0.2) is 22.2 Å². The zero-order valence-corrected chi connectivity index (χ0v) is 9.26. The van der Waals surface area contributed by atoms with Gasteiger partial charge in [0, 0.05) is 0 Å². The van der Waals surface area contributed by atoms with Gasteiger partial charge in [-0.3, -0.25) is 9.59 Å². The Labute approximate surface area is 94.7 Å². The van der Waals surface area contributed by atoms with Crippen LogP contribution >= 0.6 is 0 Å². The van der Waals surface area contributed by atoms with Crippen molar-refractivity contribution in [3.8, 4) is 0 Å². The van der Waals surface area contributed by atoms with Gasteiger partial charge in [0.2, 0.25) is 0 Å². The Balaban J connectivity index is 2.17. The summed E-state index contributed by atoms with van der Waals surface area (Å²) >= 11 is 0. The molecule has 4 nitrogen and oxygen atoms in total. The highest BCUT2D eigenvalue weighted by Gasteiger charge is 2.45. The Bertz CT molecular complexity index is 269. The maximum absolute atomic E-state index is 11.1. The Morgan fingerprint density at radius 3 is 1.44 bits per heavy atom. The number of carboxylic acid groups (broad SMARTS) is 2. The van der Waals surface area contributed by atoms with Gasteiger partial charge in [0.05, 0.1) is 11.8 Å². The lowest BCUT2D eigenvalue weighted by molar-refractivity contribution is -0.154. The van der Waals surface area contributed by atoms with E-state index in [0.29, 0.717) is 0 Å². The third-order valence-corrected chi connectivity index (χ3v) is 4.32. The molecule has 16 heavy (non-hydrogen) atoms. The molecule has 4 unspecified atom stereocenters. The zero-order valence-electron chi connectivity index (χ0n) is 9.26. The second kappa shape index (κ2) is 4.44. The van der Waals surface area contributed by atoms with Crippen LogP contribution in [-0.2, 0) is 9.59 Å². The van der Waals surface area contributed by atoms with E-state index < -0.39 is 11.9 Å². The highest BCUT2D eigenvalue weighted by Crippen LogP contribution is 2.46. The summed E-state index contributed by atoms with van der Waals surface area (Å²) < 4.78 is 0. The van der Waals surface area contributed by atoms with Gasteiger partial charge in [-0.15, -0.1) is 0 Å². The van der Waals surface area contributed by atoms with Crippen molar-refractivity contribution in [3.63, 3.8) is 0 Å².